The molecular weight excluding hydrogens is 355 g/mol. The molecule has 0 saturated carbocycles. The van der Waals surface area contributed by atoms with Crippen LogP contribution in [0.1, 0.15) is 28.5 Å². The highest BCUT2D eigenvalue weighted by molar-refractivity contribution is 6.09. The third kappa shape index (κ3) is 5.48. The number of rotatable bonds is 5. The second-order valence-corrected chi connectivity index (χ2v) is 6.12. The smallest absolute Gasteiger partial charge is 0.257 e. The van der Waals surface area contributed by atoms with Gasteiger partial charge >= 0.3 is 0 Å². The van der Waals surface area contributed by atoms with Gasteiger partial charge < -0.3 is 5.32 Å². The summed E-state index contributed by atoms with van der Waals surface area (Å²) in [5.41, 5.74) is 3.07. The molecule has 3 rings (SSSR count). The maximum absolute atomic E-state index is 13.2. The van der Waals surface area contributed by atoms with Crippen LogP contribution >= 0.6 is 0 Å². The van der Waals surface area contributed by atoms with Crippen molar-refractivity contribution in [2.75, 3.05) is 5.32 Å². The van der Waals surface area contributed by atoms with Crippen molar-refractivity contribution in [1.82, 2.24) is 10.3 Å². The molecule has 2 aromatic carbocycles. The SMILES string of the molecule is CCc1ccc(C(=O)NC(=NCc2ccccn2)Nc2ccc(F)cc2)cc1. The number of carbonyl (C=O) groups excluding carboxylic acids is 1. The second kappa shape index (κ2) is 9.41. The molecule has 0 saturated heterocycles. The number of halogens is 1. The average molecular weight is 376 g/mol. The molecule has 6 heteroatoms. The Hall–Kier alpha value is -3.54. The zero-order chi connectivity index (χ0) is 19.8. The number of nitrogens with zero attached hydrogens (tertiary/aromatic N) is 2. The molecule has 0 radical (unpaired) electrons. The van der Waals surface area contributed by atoms with E-state index in [2.05, 4.69) is 27.5 Å². The first-order chi connectivity index (χ1) is 13.6. The van der Waals surface area contributed by atoms with Crippen LogP contribution in [-0.4, -0.2) is 16.9 Å². The monoisotopic (exact) mass is 376 g/mol. The molecule has 0 aliphatic heterocycles. The van der Waals surface area contributed by atoms with Gasteiger partial charge in [-0.15, -0.1) is 0 Å². The molecular formula is C22H21FN4O. The molecule has 2 N–H and O–H groups in total. The molecule has 1 aromatic heterocycles. The van der Waals surface area contributed by atoms with Crippen molar-refractivity contribution in [1.29, 1.82) is 0 Å². The fourth-order valence-corrected chi connectivity index (χ4v) is 2.50. The van der Waals surface area contributed by atoms with Gasteiger partial charge in [-0.05, 0) is 60.5 Å². The van der Waals surface area contributed by atoms with Crippen LogP contribution < -0.4 is 10.6 Å². The Balaban J connectivity index is 1.77. The lowest BCUT2D eigenvalue weighted by Gasteiger charge is -2.12. The van der Waals surface area contributed by atoms with E-state index < -0.39 is 0 Å². The molecule has 3 aromatic rings. The minimum absolute atomic E-state index is 0.266. The maximum Gasteiger partial charge on any atom is 0.257 e. The third-order valence-electron chi connectivity index (χ3n) is 4.09. The molecule has 28 heavy (non-hydrogen) atoms. The van der Waals surface area contributed by atoms with Crippen molar-refractivity contribution in [3.8, 4) is 0 Å². The molecule has 0 spiro atoms. The number of amides is 1. The summed E-state index contributed by atoms with van der Waals surface area (Å²) < 4.78 is 13.2. The Bertz CT molecular complexity index is 939. The molecule has 142 valence electrons. The lowest BCUT2D eigenvalue weighted by Crippen LogP contribution is -2.36. The predicted octanol–water partition coefficient (Wildman–Crippen LogP) is 4.18. The van der Waals surface area contributed by atoms with Crippen molar-refractivity contribution in [3.63, 3.8) is 0 Å². The first-order valence-corrected chi connectivity index (χ1v) is 9.01. The van der Waals surface area contributed by atoms with E-state index >= 15 is 0 Å². The van der Waals surface area contributed by atoms with E-state index in [0.29, 0.717) is 17.8 Å². The minimum Gasteiger partial charge on any atom is -0.326 e. The van der Waals surface area contributed by atoms with Crippen molar-refractivity contribution in [2.45, 2.75) is 19.9 Å². The standard InChI is InChI=1S/C22H21FN4O/c1-2-16-6-8-17(9-7-16)21(28)27-22(25-15-20-5-3-4-14-24-20)26-19-12-10-18(23)11-13-19/h3-14H,2,15H2,1H3,(H2,25,26,27,28). The molecule has 0 atom stereocenters. The number of nitrogens with one attached hydrogen (secondary N) is 2. The van der Waals surface area contributed by atoms with Crippen LogP contribution in [0.15, 0.2) is 77.9 Å². The van der Waals surface area contributed by atoms with Gasteiger partial charge in [-0.1, -0.05) is 25.1 Å². The second-order valence-electron chi connectivity index (χ2n) is 6.12. The molecule has 1 heterocycles. The molecule has 0 fully saturated rings. The van der Waals surface area contributed by atoms with Gasteiger partial charge in [-0.3, -0.25) is 15.1 Å². The number of carbonyl (C=O) groups is 1. The van der Waals surface area contributed by atoms with E-state index in [0.717, 1.165) is 17.7 Å². The number of benzene rings is 2. The maximum atomic E-state index is 13.2. The fourth-order valence-electron chi connectivity index (χ4n) is 2.50. The summed E-state index contributed by atoms with van der Waals surface area (Å²) in [5, 5.41) is 5.81. The first-order valence-electron chi connectivity index (χ1n) is 9.01. The number of hydrogen-bond donors (Lipinski definition) is 2. The van der Waals surface area contributed by atoms with E-state index in [9.17, 15) is 9.18 Å². The number of aryl methyl sites for hydroxylation is 1. The van der Waals surface area contributed by atoms with Gasteiger partial charge in [0, 0.05) is 17.4 Å². The minimum atomic E-state index is -0.336. The van der Waals surface area contributed by atoms with E-state index in [4.69, 9.17) is 0 Å². The average Bonchev–Trinajstić information content (AvgIpc) is 2.74. The summed E-state index contributed by atoms with van der Waals surface area (Å²) in [7, 11) is 0. The van der Waals surface area contributed by atoms with E-state index in [1.807, 2.05) is 30.3 Å². The van der Waals surface area contributed by atoms with Crippen LogP contribution in [-0.2, 0) is 13.0 Å². The van der Waals surface area contributed by atoms with Gasteiger partial charge in [0.2, 0.25) is 5.96 Å². The molecule has 0 unspecified atom stereocenters. The summed E-state index contributed by atoms with van der Waals surface area (Å²) >= 11 is 0. The third-order valence-corrected chi connectivity index (χ3v) is 4.09. The van der Waals surface area contributed by atoms with Gasteiger partial charge in [0.15, 0.2) is 0 Å². The zero-order valence-electron chi connectivity index (χ0n) is 15.5. The number of pyridine rings is 1. The summed E-state index contributed by atoms with van der Waals surface area (Å²) in [6, 6.07) is 18.8. The predicted molar refractivity (Wildman–Crippen MR) is 109 cm³/mol. The van der Waals surface area contributed by atoms with Crippen LogP contribution in [0.4, 0.5) is 10.1 Å². The highest BCUT2D eigenvalue weighted by atomic mass is 19.1. The van der Waals surface area contributed by atoms with Gasteiger partial charge in [-0.2, -0.15) is 0 Å². The number of aliphatic imine (C=N–C) groups is 1. The summed E-state index contributed by atoms with van der Waals surface area (Å²) in [4.78, 5) is 21.3. The fraction of sp³-hybridized carbons (Fsp3) is 0.136. The Labute approximate surface area is 163 Å². The van der Waals surface area contributed by atoms with Gasteiger partial charge in [0.1, 0.15) is 5.82 Å². The van der Waals surface area contributed by atoms with Gasteiger partial charge in [0.25, 0.3) is 5.91 Å². The van der Waals surface area contributed by atoms with Crippen LogP contribution in [0.2, 0.25) is 0 Å². The van der Waals surface area contributed by atoms with Crippen molar-refractivity contribution in [3.05, 3.63) is 95.6 Å². The Morgan fingerprint density at radius 3 is 2.43 bits per heavy atom. The number of anilines is 1. The Morgan fingerprint density at radius 1 is 1.04 bits per heavy atom. The van der Waals surface area contributed by atoms with Gasteiger partial charge in [0.05, 0.1) is 12.2 Å². The lowest BCUT2D eigenvalue weighted by molar-refractivity contribution is 0.0977. The van der Waals surface area contributed by atoms with Crippen LogP contribution in [0, 0.1) is 5.82 Å². The van der Waals surface area contributed by atoms with Crippen LogP contribution in [0.3, 0.4) is 0 Å². The summed E-state index contributed by atoms with van der Waals surface area (Å²) in [6.45, 7) is 2.35. The molecule has 0 aliphatic carbocycles. The van der Waals surface area contributed by atoms with Gasteiger partial charge in [-0.25, -0.2) is 9.38 Å². The van der Waals surface area contributed by atoms with Crippen molar-refractivity contribution < 1.29 is 9.18 Å². The van der Waals surface area contributed by atoms with Crippen molar-refractivity contribution >= 4 is 17.6 Å². The van der Waals surface area contributed by atoms with Crippen LogP contribution in [0.25, 0.3) is 0 Å². The molecule has 0 bridgehead atoms. The summed E-state index contributed by atoms with van der Waals surface area (Å²) in [6.07, 6.45) is 2.59. The highest BCUT2D eigenvalue weighted by Gasteiger charge is 2.10. The summed E-state index contributed by atoms with van der Waals surface area (Å²) in [5.74, 6) is -0.351. The van der Waals surface area contributed by atoms with Crippen molar-refractivity contribution in [2.24, 2.45) is 4.99 Å². The number of aromatic nitrogens is 1. The molecule has 5 nitrogen and oxygen atoms in total. The van der Waals surface area contributed by atoms with Crippen LogP contribution in [0.5, 0.6) is 0 Å². The topological polar surface area (TPSA) is 66.4 Å². The Kier molecular flexibility index (Phi) is 6.46. The van der Waals surface area contributed by atoms with E-state index in [1.165, 1.54) is 12.1 Å². The largest absolute Gasteiger partial charge is 0.326 e. The number of guanidine groups is 1. The molecule has 0 aliphatic rings. The lowest BCUT2D eigenvalue weighted by atomic mass is 10.1. The zero-order valence-corrected chi connectivity index (χ0v) is 15.5. The normalized spacial score (nSPS) is 11.1. The quantitative estimate of drug-likeness (QED) is 0.519. The van der Waals surface area contributed by atoms with E-state index in [1.54, 1.807) is 30.5 Å². The number of hydrogen-bond acceptors (Lipinski definition) is 3. The highest BCUT2D eigenvalue weighted by Crippen LogP contribution is 2.09. The molecule has 1 amide bonds. The first kappa shape index (κ1) is 19.2. The Morgan fingerprint density at radius 2 is 1.79 bits per heavy atom. The van der Waals surface area contributed by atoms with E-state index in [-0.39, 0.29) is 17.7 Å².